The predicted molar refractivity (Wildman–Crippen MR) is 152 cm³/mol. The number of aromatic nitrogens is 1. The van der Waals surface area contributed by atoms with Crippen LogP contribution in [0, 0.1) is 12.3 Å². The van der Waals surface area contributed by atoms with Crippen molar-refractivity contribution < 1.29 is 14.7 Å². The maximum atomic E-state index is 10.5. The summed E-state index contributed by atoms with van der Waals surface area (Å²) in [5.74, 6) is 0. The molecule has 2 aromatic rings. The number of nitrogens with one attached hydrogen (secondary N) is 2. The molecule has 3 N–H and O–H groups in total. The molecule has 2 heterocycles. The van der Waals surface area contributed by atoms with Crippen molar-refractivity contribution in [2.24, 2.45) is 5.41 Å². The van der Waals surface area contributed by atoms with Gasteiger partial charge in [-0.25, -0.2) is 4.98 Å². The van der Waals surface area contributed by atoms with Crippen LogP contribution < -0.4 is 10.6 Å². The Bertz CT molecular complexity index is 841. The second-order valence-corrected chi connectivity index (χ2v) is 10.8. The number of amides is 1. The molecule has 3 atom stereocenters. The normalized spacial score (nSPS) is 16.7. The number of aliphatic hydroxyl groups excluding tert-OH is 1. The number of aliphatic hydroxyl groups is 1. The van der Waals surface area contributed by atoms with Gasteiger partial charge in [0.05, 0.1) is 28.2 Å². The van der Waals surface area contributed by atoms with Gasteiger partial charge in [0.2, 0.25) is 6.41 Å². The Morgan fingerprint density at radius 1 is 1.22 bits per heavy atom. The van der Waals surface area contributed by atoms with E-state index in [2.05, 4.69) is 67.4 Å². The van der Waals surface area contributed by atoms with Crippen LogP contribution in [0.2, 0.25) is 0 Å². The largest absolute Gasteiger partial charge is 0.400 e. The number of rotatable bonds is 7. The van der Waals surface area contributed by atoms with Gasteiger partial charge >= 0.3 is 0 Å². The number of likely N-dealkylation sites (N-methyl/N-ethyl adjacent to an activating group) is 1. The summed E-state index contributed by atoms with van der Waals surface area (Å²) in [6.07, 6.45) is 4.50. The molecule has 0 saturated carbocycles. The van der Waals surface area contributed by atoms with Gasteiger partial charge in [-0.1, -0.05) is 52.0 Å². The van der Waals surface area contributed by atoms with Crippen LogP contribution >= 0.6 is 11.3 Å². The van der Waals surface area contributed by atoms with Gasteiger partial charge in [-0.15, -0.1) is 11.3 Å². The Kier molecular flexibility index (Phi) is 17.1. The molecule has 0 bridgehead atoms. The second-order valence-electron chi connectivity index (χ2n) is 9.90. The van der Waals surface area contributed by atoms with Crippen molar-refractivity contribution in [3.8, 4) is 10.4 Å². The van der Waals surface area contributed by atoms with Crippen LogP contribution in [0.1, 0.15) is 71.7 Å². The van der Waals surface area contributed by atoms with Gasteiger partial charge in [0.15, 0.2) is 0 Å². The summed E-state index contributed by atoms with van der Waals surface area (Å²) in [6.45, 7) is 16.6. The third kappa shape index (κ3) is 12.2. The fourth-order valence-electron chi connectivity index (χ4n) is 3.56. The van der Waals surface area contributed by atoms with Gasteiger partial charge in [-0.3, -0.25) is 4.79 Å². The van der Waals surface area contributed by atoms with E-state index < -0.39 is 0 Å². The minimum absolute atomic E-state index is 0.0162. The Morgan fingerprint density at radius 3 is 2.14 bits per heavy atom. The zero-order valence-corrected chi connectivity index (χ0v) is 24.5. The lowest BCUT2D eigenvalue weighted by Gasteiger charge is -2.26. The van der Waals surface area contributed by atoms with Crippen molar-refractivity contribution in [2.45, 2.75) is 79.4 Å². The molecule has 8 heteroatoms. The summed E-state index contributed by atoms with van der Waals surface area (Å²) >= 11 is 1.64. The molecular weight excluding hydrogens is 472 g/mol. The first-order chi connectivity index (χ1) is 17.0. The lowest BCUT2D eigenvalue weighted by molar-refractivity contribution is -0.112. The number of benzene rings is 1. The number of carbonyl (C=O) groups is 2. The average Bonchev–Trinajstić information content (AvgIpc) is 3.46. The number of thiazole rings is 1. The predicted octanol–water partition coefficient (Wildman–Crippen LogP) is 4.84. The number of likely N-dealkylation sites (tertiary alicyclic amines) is 1. The molecule has 1 aliphatic heterocycles. The fourth-order valence-corrected chi connectivity index (χ4v) is 4.37. The van der Waals surface area contributed by atoms with Crippen LogP contribution in [0.15, 0.2) is 29.8 Å². The van der Waals surface area contributed by atoms with E-state index in [1.807, 2.05) is 38.4 Å². The van der Waals surface area contributed by atoms with Crippen LogP contribution in [0.3, 0.4) is 0 Å². The maximum absolute atomic E-state index is 10.5. The molecule has 3 unspecified atom stereocenters. The number of carbonyl (C=O) groups excluding carboxylic acids is 2. The summed E-state index contributed by atoms with van der Waals surface area (Å²) in [7, 11) is 3.19. The average molecular weight is 521 g/mol. The van der Waals surface area contributed by atoms with Crippen LogP contribution in [-0.4, -0.2) is 67.0 Å². The lowest BCUT2D eigenvalue weighted by Crippen LogP contribution is -2.41. The van der Waals surface area contributed by atoms with E-state index >= 15 is 0 Å². The smallest absolute Gasteiger partial charge is 0.207 e. The summed E-state index contributed by atoms with van der Waals surface area (Å²) in [5, 5.41) is 12.8. The molecule has 36 heavy (non-hydrogen) atoms. The molecular formula is C28H48N4O3S. The van der Waals surface area contributed by atoms with Gasteiger partial charge in [0.25, 0.3) is 0 Å². The van der Waals surface area contributed by atoms with E-state index in [1.54, 1.807) is 11.3 Å². The quantitative estimate of drug-likeness (QED) is 0.452. The summed E-state index contributed by atoms with van der Waals surface area (Å²) in [6, 6.07) is 9.09. The summed E-state index contributed by atoms with van der Waals surface area (Å²) in [4.78, 5) is 28.7. The molecule has 1 aliphatic rings. The molecule has 0 radical (unpaired) electrons. The number of aldehydes is 1. The molecule has 1 aromatic carbocycles. The highest BCUT2D eigenvalue weighted by Gasteiger charge is 2.22. The molecule has 1 amide bonds. The minimum atomic E-state index is -0.0162. The molecule has 204 valence electrons. The van der Waals surface area contributed by atoms with Crippen LogP contribution in [0.25, 0.3) is 10.4 Å². The van der Waals surface area contributed by atoms with Crippen molar-refractivity contribution in [2.75, 3.05) is 27.2 Å². The van der Waals surface area contributed by atoms with E-state index in [9.17, 15) is 9.59 Å². The summed E-state index contributed by atoms with van der Waals surface area (Å²) < 4.78 is 0. The Morgan fingerprint density at radius 2 is 1.83 bits per heavy atom. The molecule has 1 fully saturated rings. The first-order valence-corrected chi connectivity index (χ1v) is 13.5. The number of hydrogen-bond acceptors (Lipinski definition) is 7. The molecule has 0 spiro atoms. The highest BCUT2D eigenvalue weighted by atomic mass is 32.1. The Labute approximate surface area is 222 Å². The van der Waals surface area contributed by atoms with Crippen LogP contribution in [0.4, 0.5) is 0 Å². The standard InChI is InChI=1S/C13H14N2OS.C8H17NO.C6H13N.CH4O/c1-9(14-7-16)11-3-5-12(6-4-11)13-10(2)15-8-17-13;1-5-9-7(6-10)8(2,3)4;1-6-4-3-5-7(6)2;1-2/h3-9H,1-2H3,(H,14,16);6-7,9H,5H2,1-4H3;6H,3-5H2,1-2H3;2H,1H3. The highest BCUT2D eigenvalue weighted by Crippen LogP contribution is 2.28. The van der Waals surface area contributed by atoms with E-state index in [0.717, 1.165) is 43.7 Å². The monoisotopic (exact) mass is 520 g/mol. The fraction of sp³-hybridized carbons (Fsp3) is 0.607. The van der Waals surface area contributed by atoms with Gasteiger partial charge in [0, 0.05) is 13.2 Å². The molecule has 0 aliphatic carbocycles. The zero-order valence-electron chi connectivity index (χ0n) is 23.7. The second kappa shape index (κ2) is 18.2. The van der Waals surface area contributed by atoms with E-state index in [-0.39, 0.29) is 17.5 Å². The molecule has 7 nitrogen and oxygen atoms in total. The first-order valence-electron chi connectivity index (χ1n) is 12.6. The molecule has 3 rings (SSSR count). The first kappa shape index (κ1) is 33.9. The van der Waals surface area contributed by atoms with Gasteiger partial charge in [-0.2, -0.15) is 0 Å². The highest BCUT2D eigenvalue weighted by molar-refractivity contribution is 7.13. The van der Waals surface area contributed by atoms with E-state index in [1.165, 1.54) is 29.8 Å². The SMILES string of the molecule is CC1CCCN1C.CCNC(C=O)C(C)(C)C.CO.Cc1ncsc1-c1ccc(C(C)NC=O)cc1. The van der Waals surface area contributed by atoms with Gasteiger partial charge in [0.1, 0.15) is 6.29 Å². The number of hydrogen-bond donors (Lipinski definition) is 3. The van der Waals surface area contributed by atoms with Crippen molar-refractivity contribution in [1.29, 1.82) is 0 Å². The van der Waals surface area contributed by atoms with Crippen LogP contribution in [0.5, 0.6) is 0 Å². The molecule has 1 saturated heterocycles. The third-order valence-corrected chi connectivity index (χ3v) is 7.09. The van der Waals surface area contributed by atoms with Gasteiger partial charge < -0.3 is 25.4 Å². The Balaban J connectivity index is 0.000000548. The Hall–Kier alpha value is -2.13. The maximum Gasteiger partial charge on any atom is 0.207 e. The van der Waals surface area contributed by atoms with Crippen LogP contribution in [-0.2, 0) is 9.59 Å². The van der Waals surface area contributed by atoms with Crippen molar-refractivity contribution in [3.63, 3.8) is 0 Å². The number of aryl methyl sites for hydroxylation is 1. The lowest BCUT2D eigenvalue weighted by atomic mass is 9.88. The summed E-state index contributed by atoms with van der Waals surface area (Å²) in [5.41, 5.74) is 5.23. The van der Waals surface area contributed by atoms with E-state index in [0.29, 0.717) is 0 Å². The van der Waals surface area contributed by atoms with E-state index in [4.69, 9.17) is 5.11 Å². The topological polar surface area (TPSA) is 94.6 Å². The zero-order chi connectivity index (χ0) is 27.7. The molecule has 1 aromatic heterocycles. The van der Waals surface area contributed by atoms with Gasteiger partial charge in [-0.05, 0) is 70.3 Å². The number of nitrogens with zero attached hydrogens (tertiary/aromatic N) is 2. The van der Waals surface area contributed by atoms with Crippen molar-refractivity contribution >= 4 is 24.0 Å². The van der Waals surface area contributed by atoms with Crippen molar-refractivity contribution in [3.05, 3.63) is 41.0 Å². The third-order valence-electron chi connectivity index (χ3n) is 6.11. The minimum Gasteiger partial charge on any atom is -0.400 e. The van der Waals surface area contributed by atoms with Crippen molar-refractivity contribution in [1.82, 2.24) is 20.5 Å².